The predicted molar refractivity (Wildman–Crippen MR) is 147 cm³/mol. The van der Waals surface area contributed by atoms with Crippen LogP contribution in [0.15, 0.2) is 29.8 Å². The summed E-state index contributed by atoms with van der Waals surface area (Å²) in [4.78, 5) is 29.4. The summed E-state index contributed by atoms with van der Waals surface area (Å²) < 4.78 is 17.3. The van der Waals surface area contributed by atoms with Crippen LogP contribution in [-0.4, -0.2) is 54.3 Å². The summed E-state index contributed by atoms with van der Waals surface area (Å²) in [6.07, 6.45) is 5.01. The number of hydrogen-bond acceptors (Lipinski definition) is 6. The molecule has 0 aromatic heterocycles. The van der Waals surface area contributed by atoms with E-state index in [0.29, 0.717) is 24.2 Å². The number of ether oxygens (including phenoxy) is 3. The molecular weight excluding hydrogens is 466 g/mol. The predicted octanol–water partition coefficient (Wildman–Crippen LogP) is 6.42. The molecule has 0 amide bonds. The van der Waals surface area contributed by atoms with Gasteiger partial charge in [-0.2, -0.15) is 0 Å². The Morgan fingerprint density at radius 2 is 1.22 bits per heavy atom. The van der Waals surface area contributed by atoms with Crippen molar-refractivity contribution in [2.45, 2.75) is 111 Å². The molecule has 206 valence electrons. The van der Waals surface area contributed by atoms with Crippen molar-refractivity contribution in [3.63, 3.8) is 0 Å². The summed E-state index contributed by atoms with van der Waals surface area (Å²) in [5.74, 6) is -0.548. The topological polar surface area (TPSA) is 65.1 Å². The fourth-order valence-electron chi connectivity index (χ4n) is 6.69. The highest BCUT2D eigenvalue weighted by atomic mass is 16.6. The molecular formula is C31H47NO5. The van der Waals surface area contributed by atoms with Gasteiger partial charge in [-0.05, 0) is 88.6 Å². The van der Waals surface area contributed by atoms with Crippen LogP contribution in [0, 0.1) is 10.8 Å². The lowest BCUT2D eigenvalue weighted by Crippen LogP contribution is -2.60. The van der Waals surface area contributed by atoms with Crippen LogP contribution in [-0.2, 0) is 19.1 Å². The SMILES string of the molecule is COc1ccc(/C=C(/C(=O)OC2CC(C)(C)CC(C)(C)C2)C(=O)OC2CC(C)(C)N(C)C(C)(C)C2)cc1. The molecule has 0 unspecified atom stereocenters. The Hall–Kier alpha value is -2.34. The van der Waals surface area contributed by atoms with Gasteiger partial charge < -0.3 is 14.2 Å². The van der Waals surface area contributed by atoms with E-state index in [0.717, 1.165) is 19.3 Å². The van der Waals surface area contributed by atoms with Crippen LogP contribution < -0.4 is 4.74 Å². The van der Waals surface area contributed by atoms with Crippen LogP contribution in [0.4, 0.5) is 0 Å². The first-order valence-electron chi connectivity index (χ1n) is 13.4. The molecule has 0 bridgehead atoms. The van der Waals surface area contributed by atoms with Gasteiger partial charge in [0.1, 0.15) is 23.5 Å². The maximum atomic E-state index is 13.6. The molecule has 3 rings (SSSR count). The number of piperidine rings is 1. The molecule has 1 saturated carbocycles. The number of rotatable bonds is 6. The number of esters is 2. The number of nitrogens with zero attached hydrogens (tertiary/aromatic N) is 1. The lowest BCUT2D eigenvalue weighted by Gasteiger charge is -2.53. The maximum absolute atomic E-state index is 13.6. The third kappa shape index (κ3) is 7.37. The van der Waals surface area contributed by atoms with Crippen LogP contribution in [0.2, 0.25) is 0 Å². The van der Waals surface area contributed by atoms with E-state index in [1.54, 1.807) is 25.3 Å². The number of benzene rings is 1. The average Bonchev–Trinajstić information content (AvgIpc) is 2.73. The molecule has 2 aliphatic rings. The van der Waals surface area contributed by atoms with Crippen molar-refractivity contribution < 1.29 is 23.8 Å². The van der Waals surface area contributed by atoms with Crippen LogP contribution in [0.1, 0.15) is 93.1 Å². The van der Waals surface area contributed by atoms with Crippen molar-refractivity contribution in [2.75, 3.05) is 14.2 Å². The Labute approximate surface area is 223 Å². The Balaban J connectivity index is 1.86. The maximum Gasteiger partial charge on any atom is 0.345 e. The molecule has 1 aliphatic heterocycles. The first-order valence-corrected chi connectivity index (χ1v) is 13.4. The van der Waals surface area contributed by atoms with Crippen LogP contribution in [0.5, 0.6) is 5.75 Å². The minimum absolute atomic E-state index is 0.0539. The molecule has 1 aliphatic carbocycles. The molecule has 1 aromatic carbocycles. The normalized spacial score (nSPS) is 23.8. The van der Waals surface area contributed by atoms with Gasteiger partial charge in [-0.25, -0.2) is 9.59 Å². The highest BCUT2D eigenvalue weighted by Gasteiger charge is 2.45. The number of likely N-dealkylation sites (tertiary alicyclic amines) is 1. The summed E-state index contributed by atoms with van der Waals surface area (Å²) in [5, 5.41) is 0. The van der Waals surface area contributed by atoms with Gasteiger partial charge in [-0.3, -0.25) is 4.90 Å². The van der Waals surface area contributed by atoms with Crippen molar-refractivity contribution in [3.05, 3.63) is 35.4 Å². The number of methoxy groups -OCH3 is 1. The summed E-state index contributed by atoms with van der Waals surface area (Å²) in [6, 6.07) is 7.23. The Morgan fingerprint density at radius 1 is 0.784 bits per heavy atom. The van der Waals surface area contributed by atoms with E-state index in [1.807, 2.05) is 12.1 Å². The molecule has 0 radical (unpaired) electrons. The van der Waals surface area contributed by atoms with Gasteiger partial charge in [0, 0.05) is 23.9 Å². The van der Waals surface area contributed by atoms with Gasteiger partial charge in [-0.1, -0.05) is 39.8 Å². The summed E-state index contributed by atoms with van der Waals surface area (Å²) in [6.45, 7) is 17.5. The van der Waals surface area contributed by atoms with E-state index < -0.39 is 11.9 Å². The summed E-state index contributed by atoms with van der Waals surface area (Å²) in [7, 11) is 3.71. The molecule has 1 aromatic rings. The van der Waals surface area contributed by atoms with Gasteiger partial charge in [0.05, 0.1) is 7.11 Å². The molecule has 0 N–H and O–H groups in total. The molecule has 1 saturated heterocycles. The van der Waals surface area contributed by atoms with E-state index in [4.69, 9.17) is 14.2 Å². The standard InChI is InChI=1S/C31H47NO5/c1-28(2)16-23(17-29(3,4)20-28)36-26(33)25(15-21-11-13-22(35-10)14-12-21)27(34)37-24-18-30(5,6)32(9)31(7,8)19-24/h11-15,23-24H,16-20H2,1-10H3/b25-15-. The molecule has 0 atom stereocenters. The third-order valence-electron chi connectivity index (χ3n) is 8.20. The third-order valence-corrected chi connectivity index (χ3v) is 8.20. The van der Waals surface area contributed by atoms with Crippen LogP contribution >= 0.6 is 0 Å². The van der Waals surface area contributed by atoms with Crippen molar-refractivity contribution in [1.29, 1.82) is 0 Å². The van der Waals surface area contributed by atoms with E-state index in [-0.39, 0.29) is 39.7 Å². The van der Waals surface area contributed by atoms with Gasteiger partial charge in [0.2, 0.25) is 0 Å². The number of carbonyl (C=O) groups is 2. The molecule has 2 fully saturated rings. The van der Waals surface area contributed by atoms with Crippen molar-refractivity contribution in [2.24, 2.45) is 10.8 Å². The second-order valence-electron chi connectivity index (χ2n) is 13.9. The monoisotopic (exact) mass is 513 g/mol. The molecule has 1 heterocycles. The summed E-state index contributed by atoms with van der Waals surface area (Å²) >= 11 is 0. The molecule has 6 nitrogen and oxygen atoms in total. The van der Waals surface area contributed by atoms with Gasteiger partial charge >= 0.3 is 11.9 Å². The van der Waals surface area contributed by atoms with Gasteiger partial charge in [-0.15, -0.1) is 0 Å². The first-order chi connectivity index (χ1) is 16.9. The Bertz CT molecular complexity index is 985. The lowest BCUT2D eigenvalue weighted by molar-refractivity contribution is -0.160. The number of hydrogen-bond donors (Lipinski definition) is 0. The minimum Gasteiger partial charge on any atom is -0.497 e. The fourth-order valence-corrected chi connectivity index (χ4v) is 6.69. The van der Waals surface area contributed by atoms with E-state index in [9.17, 15) is 9.59 Å². The second kappa shape index (κ2) is 10.4. The quantitative estimate of drug-likeness (QED) is 0.189. The van der Waals surface area contributed by atoms with Crippen molar-refractivity contribution in [3.8, 4) is 5.75 Å². The highest BCUT2D eigenvalue weighted by Crippen LogP contribution is 2.47. The van der Waals surface area contributed by atoms with Crippen LogP contribution in [0.25, 0.3) is 6.08 Å². The largest absolute Gasteiger partial charge is 0.497 e. The fraction of sp³-hybridized carbons (Fsp3) is 0.677. The highest BCUT2D eigenvalue weighted by molar-refractivity contribution is 6.17. The average molecular weight is 514 g/mol. The molecule has 6 heteroatoms. The van der Waals surface area contributed by atoms with Gasteiger partial charge in [0.25, 0.3) is 0 Å². The first kappa shape index (κ1) is 29.2. The van der Waals surface area contributed by atoms with Crippen molar-refractivity contribution >= 4 is 18.0 Å². The Morgan fingerprint density at radius 3 is 1.65 bits per heavy atom. The van der Waals surface area contributed by atoms with E-state index in [1.165, 1.54) is 0 Å². The Kier molecular flexibility index (Phi) is 8.24. The van der Waals surface area contributed by atoms with E-state index >= 15 is 0 Å². The zero-order valence-corrected chi connectivity index (χ0v) is 24.6. The zero-order chi connectivity index (χ0) is 27.8. The van der Waals surface area contributed by atoms with Gasteiger partial charge in [0.15, 0.2) is 0 Å². The summed E-state index contributed by atoms with van der Waals surface area (Å²) in [5.41, 5.74) is 0.453. The number of carbonyl (C=O) groups excluding carboxylic acids is 2. The second-order valence-corrected chi connectivity index (χ2v) is 13.9. The molecule has 37 heavy (non-hydrogen) atoms. The van der Waals surface area contributed by atoms with E-state index in [2.05, 4.69) is 67.3 Å². The van der Waals surface area contributed by atoms with Crippen LogP contribution in [0.3, 0.4) is 0 Å². The smallest absolute Gasteiger partial charge is 0.345 e. The minimum atomic E-state index is -0.628. The lowest BCUT2D eigenvalue weighted by atomic mass is 9.64. The van der Waals surface area contributed by atoms with Crippen molar-refractivity contribution in [1.82, 2.24) is 4.90 Å². The zero-order valence-electron chi connectivity index (χ0n) is 24.6. The molecule has 0 spiro atoms.